The van der Waals surface area contributed by atoms with Crippen LogP contribution in [-0.4, -0.2) is 33.4 Å². The molecule has 0 saturated carbocycles. The number of nitrogens with one attached hydrogen (secondary N) is 1. The van der Waals surface area contributed by atoms with Gasteiger partial charge in [-0.2, -0.15) is 5.10 Å². The third-order valence-corrected chi connectivity index (χ3v) is 2.26. The Kier molecular flexibility index (Phi) is 3.00. The predicted octanol–water partition coefficient (Wildman–Crippen LogP) is 0.942. The number of ether oxygens (including phenoxy) is 1. The molecule has 0 aliphatic heterocycles. The molecular weight excluding hydrogens is 206 g/mol. The molecule has 0 bridgehead atoms. The van der Waals surface area contributed by atoms with E-state index in [1.165, 1.54) is 0 Å². The molecule has 0 unspecified atom stereocenters. The van der Waals surface area contributed by atoms with E-state index in [0.29, 0.717) is 12.4 Å². The molecular formula is C10H15N5O. The van der Waals surface area contributed by atoms with Gasteiger partial charge >= 0.3 is 0 Å². The van der Waals surface area contributed by atoms with Crippen LogP contribution in [0, 0.1) is 0 Å². The van der Waals surface area contributed by atoms with E-state index in [9.17, 15) is 0 Å². The van der Waals surface area contributed by atoms with Crippen molar-refractivity contribution in [1.82, 2.24) is 19.7 Å². The van der Waals surface area contributed by atoms with Gasteiger partial charge < -0.3 is 10.1 Å². The maximum absolute atomic E-state index is 5.04. The van der Waals surface area contributed by atoms with Crippen LogP contribution in [0.5, 0.6) is 0 Å². The highest BCUT2D eigenvalue weighted by Crippen LogP contribution is 2.19. The zero-order valence-corrected chi connectivity index (χ0v) is 9.69. The van der Waals surface area contributed by atoms with E-state index in [4.69, 9.17) is 4.74 Å². The molecule has 0 atom stereocenters. The Morgan fingerprint density at radius 2 is 2.25 bits per heavy atom. The molecule has 16 heavy (non-hydrogen) atoms. The number of aromatic nitrogens is 4. The van der Waals surface area contributed by atoms with Crippen molar-refractivity contribution in [3.63, 3.8) is 0 Å². The molecule has 6 nitrogen and oxygen atoms in total. The highest BCUT2D eigenvalue weighted by molar-refractivity contribution is 5.86. The van der Waals surface area contributed by atoms with Gasteiger partial charge in [-0.15, -0.1) is 0 Å². The first-order valence-electron chi connectivity index (χ1n) is 5.17. The maximum Gasteiger partial charge on any atom is 0.163 e. The predicted molar refractivity (Wildman–Crippen MR) is 61.2 cm³/mol. The monoisotopic (exact) mass is 221 g/mol. The Balaban J connectivity index is 2.56. The van der Waals surface area contributed by atoms with Gasteiger partial charge in [0, 0.05) is 20.7 Å². The van der Waals surface area contributed by atoms with Gasteiger partial charge in [0.15, 0.2) is 11.5 Å². The van der Waals surface area contributed by atoms with Crippen molar-refractivity contribution in [2.45, 2.75) is 13.5 Å². The number of anilines is 1. The molecule has 1 N–H and O–H groups in total. The van der Waals surface area contributed by atoms with Crippen LogP contribution in [0.15, 0.2) is 6.20 Å². The quantitative estimate of drug-likeness (QED) is 0.832. The van der Waals surface area contributed by atoms with Crippen molar-refractivity contribution >= 4 is 16.9 Å². The van der Waals surface area contributed by atoms with Gasteiger partial charge in [-0.05, 0) is 6.92 Å². The van der Waals surface area contributed by atoms with E-state index < -0.39 is 0 Å². The highest BCUT2D eigenvalue weighted by Gasteiger charge is 2.10. The van der Waals surface area contributed by atoms with Gasteiger partial charge in [0.1, 0.15) is 12.4 Å². The topological polar surface area (TPSA) is 64.9 Å². The van der Waals surface area contributed by atoms with Gasteiger partial charge in [-0.25, -0.2) is 9.97 Å². The van der Waals surface area contributed by atoms with Crippen LogP contribution in [0.4, 0.5) is 5.82 Å². The first kappa shape index (κ1) is 10.8. The SMILES string of the molecule is CCNc1nc(COC)nc2c1cnn2C. The summed E-state index contributed by atoms with van der Waals surface area (Å²) >= 11 is 0. The number of fused-ring (bicyclic) bond motifs is 1. The minimum Gasteiger partial charge on any atom is -0.377 e. The van der Waals surface area contributed by atoms with Crippen LogP contribution in [0.3, 0.4) is 0 Å². The smallest absolute Gasteiger partial charge is 0.163 e. The molecule has 2 aromatic heterocycles. The normalized spacial score (nSPS) is 10.9. The lowest BCUT2D eigenvalue weighted by atomic mass is 10.3. The second-order valence-electron chi connectivity index (χ2n) is 3.46. The molecule has 0 aliphatic rings. The summed E-state index contributed by atoms with van der Waals surface area (Å²) in [6.45, 7) is 3.24. The Bertz CT molecular complexity index is 493. The second kappa shape index (κ2) is 4.44. The average molecular weight is 221 g/mol. The van der Waals surface area contributed by atoms with Crippen LogP contribution < -0.4 is 5.32 Å². The number of hydrogen-bond acceptors (Lipinski definition) is 5. The number of hydrogen-bond donors (Lipinski definition) is 1. The fourth-order valence-electron chi connectivity index (χ4n) is 1.56. The van der Waals surface area contributed by atoms with E-state index >= 15 is 0 Å². The van der Waals surface area contributed by atoms with Gasteiger partial charge in [0.25, 0.3) is 0 Å². The molecule has 0 amide bonds. The standard InChI is InChI=1S/C10H15N5O/c1-4-11-9-7-5-12-15(2)10(7)14-8(13-9)6-16-3/h5H,4,6H2,1-3H3,(H,11,13,14). The number of rotatable bonds is 4. The lowest BCUT2D eigenvalue weighted by Crippen LogP contribution is -2.06. The summed E-state index contributed by atoms with van der Waals surface area (Å²) in [5.74, 6) is 1.47. The summed E-state index contributed by atoms with van der Waals surface area (Å²) in [6, 6.07) is 0. The van der Waals surface area contributed by atoms with Crippen molar-refractivity contribution in [2.75, 3.05) is 19.0 Å². The van der Waals surface area contributed by atoms with Crippen LogP contribution in [0.1, 0.15) is 12.7 Å². The molecule has 2 rings (SSSR count). The Labute approximate surface area is 93.6 Å². The van der Waals surface area contributed by atoms with Crippen LogP contribution in [-0.2, 0) is 18.4 Å². The summed E-state index contributed by atoms with van der Waals surface area (Å²) in [5, 5.41) is 8.31. The minimum atomic E-state index is 0.402. The summed E-state index contributed by atoms with van der Waals surface area (Å²) in [7, 11) is 3.49. The third-order valence-electron chi connectivity index (χ3n) is 2.26. The summed E-state index contributed by atoms with van der Waals surface area (Å²) < 4.78 is 6.78. The van der Waals surface area contributed by atoms with Crippen LogP contribution in [0.25, 0.3) is 11.0 Å². The van der Waals surface area contributed by atoms with Crippen LogP contribution >= 0.6 is 0 Å². The van der Waals surface area contributed by atoms with E-state index in [-0.39, 0.29) is 0 Å². The molecule has 86 valence electrons. The molecule has 2 aromatic rings. The molecule has 0 radical (unpaired) electrons. The second-order valence-corrected chi connectivity index (χ2v) is 3.46. The van der Waals surface area contributed by atoms with Crippen LogP contribution in [0.2, 0.25) is 0 Å². The molecule has 2 heterocycles. The number of methoxy groups -OCH3 is 1. The van der Waals surface area contributed by atoms with Crippen molar-refractivity contribution in [1.29, 1.82) is 0 Å². The summed E-state index contributed by atoms with van der Waals surface area (Å²) in [6.07, 6.45) is 1.77. The van der Waals surface area contributed by atoms with Crippen molar-refractivity contribution < 1.29 is 4.74 Å². The van der Waals surface area contributed by atoms with E-state index in [0.717, 1.165) is 23.4 Å². The van der Waals surface area contributed by atoms with E-state index in [2.05, 4.69) is 20.4 Å². The van der Waals surface area contributed by atoms with Gasteiger partial charge in [0.2, 0.25) is 0 Å². The maximum atomic E-state index is 5.04. The molecule has 0 spiro atoms. The van der Waals surface area contributed by atoms with E-state index in [1.54, 1.807) is 18.0 Å². The minimum absolute atomic E-state index is 0.402. The average Bonchev–Trinajstić information content (AvgIpc) is 2.62. The number of aryl methyl sites for hydroxylation is 1. The highest BCUT2D eigenvalue weighted by atomic mass is 16.5. The Hall–Kier alpha value is -1.69. The van der Waals surface area contributed by atoms with Crippen molar-refractivity contribution in [3.8, 4) is 0 Å². The van der Waals surface area contributed by atoms with Gasteiger partial charge in [0.05, 0.1) is 11.6 Å². The molecule has 0 aromatic carbocycles. The van der Waals surface area contributed by atoms with Gasteiger partial charge in [-0.3, -0.25) is 4.68 Å². The zero-order chi connectivity index (χ0) is 11.5. The zero-order valence-electron chi connectivity index (χ0n) is 9.69. The lowest BCUT2D eigenvalue weighted by Gasteiger charge is -2.06. The largest absolute Gasteiger partial charge is 0.377 e. The third kappa shape index (κ3) is 1.83. The summed E-state index contributed by atoms with van der Waals surface area (Å²) in [4.78, 5) is 8.78. The van der Waals surface area contributed by atoms with Gasteiger partial charge in [-0.1, -0.05) is 0 Å². The van der Waals surface area contributed by atoms with Crippen molar-refractivity contribution in [2.24, 2.45) is 7.05 Å². The first-order chi connectivity index (χ1) is 7.76. The molecule has 0 aliphatic carbocycles. The van der Waals surface area contributed by atoms with E-state index in [1.807, 2.05) is 14.0 Å². The molecule has 0 saturated heterocycles. The number of nitrogens with zero attached hydrogens (tertiary/aromatic N) is 4. The summed E-state index contributed by atoms with van der Waals surface area (Å²) in [5.41, 5.74) is 0.818. The van der Waals surface area contributed by atoms with Crippen molar-refractivity contribution in [3.05, 3.63) is 12.0 Å². The lowest BCUT2D eigenvalue weighted by molar-refractivity contribution is 0.178. The Morgan fingerprint density at radius 1 is 1.44 bits per heavy atom. The Morgan fingerprint density at radius 3 is 2.94 bits per heavy atom. The first-order valence-corrected chi connectivity index (χ1v) is 5.17. The fourth-order valence-corrected chi connectivity index (χ4v) is 1.56. The fraction of sp³-hybridized carbons (Fsp3) is 0.500. The molecule has 6 heteroatoms. The molecule has 0 fully saturated rings.